The highest BCUT2D eigenvalue weighted by Crippen LogP contribution is 2.36. The summed E-state index contributed by atoms with van der Waals surface area (Å²) in [5.41, 5.74) is 1.22. The van der Waals surface area contributed by atoms with Crippen LogP contribution in [0.1, 0.15) is 6.42 Å². The number of nitrogens with one attached hydrogen (secondary N) is 1. The Morgan fingerprint density at radius 3 is 3.12 bits per heavy atom. The van der Waals surface area contributed by atoms with Gasteiger partial charge in [-0.2, -0.15) is 0 Å². The van der Waals surface area contributed by atoms with E-state index in [0.29, 0.717) is 11.0 Å². The lowest BCUT2D eigenvalue weighted by Gasteiger charge is -2.40. The van der Waals surface area contributed by atoms with Gasteiger partial charge in [-0.15, -0.1) is 0 Å². The van der Waals surface area contributed by atoms with E-state index in [9.17, 15) is 0 Å². The van der Waals surface area contributed by atoms with Gasteiger partial charge in [0.15, 0.2) is 0 Å². The maximum absolute atomic E-state index is 5.80. The number of ether oxygens (including phenoxy) is 1. The number of benzene rings is 1. The Morgan fingerprint density at radius 1 is 1.31 bits per heavy atom. The van der Waals surface area contributed by atoms with Gasteiger partial charge in [0, 0.05) is 25.6 Å². The predicted molar refractivity (Wildman–Crippen MR) is 68.4 cm³/mol. The average molecular weight is 283 g/mol. The van der Waals surface area contributed by atoms with Crippen LogP contribution in [-0.2, 0) is 0 Å². The summed E-state index contributed by atoms with van der Waals surface area (Å²) in [5, 5.41) is 3.45. The molecule has 0 bridgehead atoms. The molecule has 4 heteroatoms. The Bertz CT molecular complexity index is 385. The smallest absolute Gasteiger partial charge is 0.142 e. The van der Waals surface area contributed by atoms with Gasteiger partial charge in [-0.05, 0) is 12.1 Å². The van der Waals surface area contributed by atoms with Crippen LogP contribution < -0.4 is 15.0 Å². The molecule has 1 N–H and O–H groups in total. The number of anilines is 1. The largest absolute Gasteiger partial charge is 0.491 e. The molecule has 0 aromatic heterocycles. The van der Waals surface area contributed by atoms with Crippen molar-refractivity contribution >= 4 is 21.6 Å². The van der Waals surface area contributed by atoms with Crippen LogP contribution in [0.25, 0.3) is 0 Å². The molecule has 1 unspecified atom stereocenters. The number of halogens is 1. The SMILES string of the molecule is BrC1CNC[C@@H]2CCOc3ccccc3N12. The predicted octanol–water partition coefficient (Wildman–Crippen LogP) is 1.97. The molecular weight excluding hydrogens is 268 g/mol. The van der Waals surface area contributed by atoms with Crippen LogP contribution in [0.4, 0.5) is 5.69 Å². The number of alkyl halides is 1. The summed E-state index contributed by atoms with van der Waals surface area (Å²) in [6.45, 7) is 2.82. The zero-order valence-corrected chi connectivity index (χ0v) is 10.6. The van der Waals surface area contributed by atoms with E-state index in [4.69, 9.17) is 4.74 Å². The van der Waals surface area contributed by atoms with E-state index >= 15 is 0 Å². The monoisotopic (exact) mass is 282 g/mol. The van der Waals surface area contributed by atoms with Crippen LogP contribution in [0.2, 0.25) is 0 Å². The molecule has 1 fully saturated rings. The van der Waals surface area contributed by atoms with Crippen molar-refractivity contribution in [1.29, 1.82) is 0 Å². The Hall–Kier alpha value is -0.740. The highest BCUT2D eigenvalue weighted by molar-refractivity contribution is 9.09. The second kappa shape index (κ2) is 4.26. The van der Waals surface area contributed by atoms with Crippen molar-refractivity contribution in [3.63, 3.8) is 0 Å². The minimum Gasteiger partial charge on any atom is -0.491 e. The van der Waals surface area contributed by atoms with Gasteiger partial charge in [0.1, 0.15) is 5.75 Å². The molecule has 1 aromatic rings. The zero-order chi connectivity index (χ0) is 11.0. The van der Waals surface area contributed by atoms with E-state index in [1.165, 1.54) is 5.69 Å². The third-order valence-electron chi connectivity index (χ3n) is 3.24. The van der Waals surface area contributed by atoms with E-state index in [0.717, 1.165) is 31.9 Å². The molecule has 1 aromatic carbocycles. The summed E-state index contributed by atoms with van der Waals surface area (Å²) in [5.74, 6) is 1.01. The fourth-order valence-corrected chi connectivity index (χ4v) is 3.26. The first-order valence-electron chi connectivity index (χ1n) is 5.71. The number of rotatable bonds is 0. The summed E-state index contributed by atoms with van der Waals surface area (Å²) in [4.78, 5) is 2.80. The van der Waals surface area contributed by atoms with E-state index in [2.05, 4.69) is 44.3 Å². The number of nitrogens with zero attached hydrogens (tertiary/aromatic N) is 1. The quantitative estimate of drug-likeness (QED) is 0.582. The first kappa shape index (κ1) is 10.4. The highest BCUT2D eigenvalue weighted by Gasteiger charge is 2.32. The summed E-state index contributed by atoms with van der Waals surface area (Å²) >= 11 is 3.74. The van der Waals surface area contributed by atoms with Crippen molar-refractivity contribution in [1.82, 2.24) is 5.32 Å². The number of piperazine rings is 1. The molecule has 0 saturated carbocycles. The van der Waals surface area contributed by atoms with E-state index in [1.807, 2.05) is 6.07 Å². The molecule has 2 heterocycles. The van der Waals surface area contributed by atoms with Gasteiger partial charge in [-0.1, -0.05) is 28.1 Å². The molecule has 0 radical (unpaired) electrons. The summed E-state index contributed by atoms with van der Waals surface area (Å²) < 4.78 is 5.80. The maximum atomic E-state index is 5.80. The lowest BCUT2D eigenvalue weighted by Crippen LogP contribution is -2.55. The molecule has 0 aliphatic carbocycles. The van der Waals surface area contributed by atoms with Crippen molar-refractivity contribution in [2.45, 2.75) is 17.4 Å². The lowest BCUT2D eigenvalue weighted by atomic mass is 10.1. The molecular formula is C12H15BrN2O. The average Bonchev–Trinajstić information content (AvgIpc) is 2.49. The van der Waals surface area contributed by atoms with E-state index in [1.54, 1.807) is 0 Å². The summed E-state index contributed by atoms with van der Waals surface area (Å²) in [6.07, 6.45) is 1.07. The van der Waals surface area contributed by atoms with E-state index in [-0.39, 0.29) is 0 Å². The van der Waals surface area contributed by atoms with Crippen molar-refractivity contribution < 1.29 is 4.74 Å². The topological polar surface area (TPSA) is 24.5 Å². The van der Waals surface area contributed by atoms with Gasteiger partial charge in [0.05, 0.1) is 17.2 Å². The molecule has 3 rings (SSSR count). The summed E-state index contributed by atoms with van der Waals surface area (Å²) in [6, 6.07) is 8.84. The highest BCUT2D eigenvalue weighted by atomic mass is 79.9. The fraction of sp³-hybridized carbons (Fsp3) is 0.500. The third kappa shape index (κ3) is 1.70. The zero-order valence-electron chi connectivity index (χ0n) is 9.03. The van der Waals surface area contributed by atoms with Crippen molar-refractivity contribution in [3.8, 4) is 5.75 Å². The molecule has 16 heavy (non-hydrogen) atoms. The maximum Gasteiger partial charge on any atom is 0.142 e. The number of hydrogen-bond donors (Lipinski definition) is 1. The molecule has 86 valence electrons. The van der Waals surface area contributed by atoms with Crippen LogP contribution >= 0.6 is 15.9 Å². The molecule has 2 aliphatic heterocycles. The van der Waals surface area contributed by atoms with Gasteiger partial charge >= 0.3 is 0 Å². The van der Waals surface area contributed by atoms with Crippen LogP contribution in [0.15, 0.2) is 24.3 Å². The second-order valence-electron chi connectivity index (χ2n) is 4.26. The van der Waals surface area contributed by atoms with Crippen LogP contribution in [0, 0.1) is 0 Å². The van der Waals surface area contributed by atoms with Crippen LogP contribution in [-0.4, -0.2) is 30.7 Å². The molecule has 1 saturated heterocycles. The van der Waals surface area contributed by atoms with Crippen molar-refractivity contribution in [2.24, 2.45) is 0 Å². The van der Waals surface area contributed by atoms with Crippen LogP contribution in [0.5, 0.6) is 5.75 Å². The van der Waals surface area contributed by atoms with Gasteiger partial charge in [0.25, 0.3) is 0 Å². The molecule has 0 spiro atoms. The van der Waals surface area contributed by atoms with Gasteiger partial charge in [-0.3, -0.25) is 0 Å². The minimum absolute atomic E-state index is 0.356. The molecule has 0 amide bonds. The van der Waals surface area contributed by atoms with Gasteiger partial charge < -0.3 is 15.0 Å². The Kier molecular flexibility index (Phi) is 2.77. The van der Waals surface area contributed by atoms with Gasteiger partial charge in [0.2, 0.25) is 0 Å². The standard InChI is InChI=1S/C12H15BrN2O/c13-12-8-14-7-9-5-6-16-11-4-2-1-3-10(11)15(9)12/h1-4,9,12,14H,5-8H2/t9-,12?/m0/s1. The Labute approximate surface area is 104 Å². The normalized spacial score (nSPS) is 28.7. The van der Waals surface area contributed by atoms with Crippen LogP contribution in [0.3, 0.4) is 0 Å². The summed E-state index contributed by atoms with van der Waals surface area (Å²) in [7, 11) is 0. The fourth-order valence-electron chi connectivity index (χ4n) is 2.48. The number of hydrogen-bond acceptors (Lipinski definition) is 3. The third-order valence-corrected chi connectivity index (χ3v) is 4.00. The molecule has 3 nitrogen and oxygen atoms in total. The molecule has 2 atom stereocenters. The van der Waals surface area contributed by atoms with Crippen molar-refractivity contribution in [3.05, 3.63) is 24.3 Å². The first-order valence-corrected chi connectivity index (χ1v) is 6.63. The number of para-hydroxylation sites is 2. The first-order chi connectivity index (χ1) is 7.86. The minimum atomic E-state index is 0.356. The second-order valence-corrected chi connectivity index (χ2v) is 5.32. The van der Waals surface area contributed by atoms with E-state index < -0.39 is 0 Å². The van der Waals surface area contributed by atoms with Crippen molar-refractivity contribution in [2.75, 3.05) is 24.6 Å². The number of fused-ring (bicyclic) bond motifs is 3. The molecule has 2 aliphatic rings. The Balaban J connectivity index is 2.03. The van der Waals surface area contributed by atoms with Gasteiger partial charge in [-0.25, -0.2) is 0 Å². The lowest BCUT2D eigenvalue weighted by molar-refractivity contribution is 0.303. The Morgan fingerprint density at radius 2 is 2.19 bits per heavy atom.